The van der Waals surface area contributed by atoms with E-state index in [0.29, 0.717) is 12.8 Å². The van der Waals surface area contributed by atoms with Crippen molar-refractivity contribution >= 4 is 0 Å². The zero-order valence-electron chi connectivity index (χ0n) is 11.4. The maximum atomic E-state index is 14.5. The van der Waals surface area contributed by atoms with Crippen LogP contribution in [0.1, 0.15) is 24.0 Å². The van der Waals surface area contributed by atoms with Gasteiger partial charge in [-0.1, -0.05) is 48.6 Å². The number of hydrogen-bond acceptors (Lipinski definition) is 0. The normalized spacial score (nSPS) is 14.4. The van der Waals surface area contributed by atoms with E-state index in [0.717, 1.165) is 16.7 Å². The van der Waals surface area contributed by atoms with Gasteiger partial charge in [-0.15, -0.1) is 13.2 Å². The summed E-state index contributed by atoms with van der Waals surface area (Å²) in [5, 5.41) is 0. The molecule has 20 heavy (non-hydrogen) atoms. The van der Waals surface area contributed by atoms with Crippen LogP contribution in [0.15, 0.2) is 67.8 Å². The van der Waals surface area contributed by atoms with E-state index in [1.54, 1.807) is 12.1 Å². The van der Waals surface area contributed by atoms with E-state index in [9.17, 15) is 4.39 Å². The third-order valence-electron chi connectivity index (χ3n) is 4.21. The SMILES string of the molecule is C=CCC1(CC=C)c2ccccc2-c2cccc(F)c21. The summed E-state index contributed by atoms with van der Waals surface area (Å²) in [5.74, 6) is -0.137. The number of rotatable bonds is 4. The van der Waals surface area contributed by atoms with Gasteiger partial charge in [-0.3, -0.25) is 0 Å². The van der Waals surface area contributed by atoms with Gasteiger partial charge in [-0.05, 0) is 35.6 Å². The highest BCUT2D eigenvalue weighted by Gasteiger charge is 2.43. The number of fused-ring (bicyclic) bond motifs is 3. The van der Waals surface area contributed by atoms with Crippen LogP contribution in [-0.4, -0.2) is 0 Å². The standard InChI is InChI=1S/C19H17F/c1-3-12-19(13-4-2)16-10-6-5-8-14(16)15-9-7-11-17(20)18(15)19/h3-11H,1-2,12-13H2. The van der Waals surface area contributed by atoms with Gasteiger partial charge in [0, 0.05) is 11.0 Å². The molecule has 0 saturated carbocycles. The van der Waals surface area contributed by atoms with Gasteiger partial charge in [0.05, 0.1) is 0 Å². The van der Waals surface area contributed by atoms with Crippen molar-refractivity contribution in [2.45, 2.75) is 18.3 Å². The molecule has 0 bridgehead atoms. The number of halogens is 1. The molecule has 1 aliphatic rings. The minimum absolute atomic E-state index is 0.137. The van der Waals surface area contributed by atoms with Crippen LogP contribution in [-0.2, 0) is 5.41 Å². The fourth-order valence-corrected chi connectivity index (χ4v) is 3.51. The molecule has 0 heterocycles. The largest absolute Gasteiger partial charge is 0.207 e. The Morgan fingerprint density at radius 3 is 2.25 bits per heavy atom. The van der Waals surface area contributed by atoms with Gasteiger partial charge in [-0.2, -0.15) is 0 Å². The molecule has 1 aliphatic carbocycles. The molecule has 2 aromatic carbocycles. The van der Waals surface area contributed by atoms with Crippen LogP contribution in [0, 0.1) is 5.82 Å². The van der Waals surface area contributed by atoms with Crippen molar-refractivity contribution in [1.29, 1.82) is 0 Å². The molecule has 0 atom stereocenters. The summed E-state index contributed by atoms with van der Waals surface area (Å²) in [5.41, 5.74) is 3.75. The topological polar surface area (TPSA) is 0 Å². The van der Waals surface area contributed by atoms with Gasteiger partial charge in [0.2, 0.25) is 0 Å². The maximum absolute atomic E-state index is 14.5. The Morgan fingerprint density at radius 1 is 0.900 bits per heavy atom. The molecular weight excluding hydrogens is 247 g/mol. The van der Waals surface area contributed by atoms with Gasteiger partial charge in [0.25, 0.3) is 0 Å². The zero-order chi connectivity index (χ0) is 14.2. The molecule has 3 rings (SSSR count). The van der Waals surface area contributed by atoms with E-state index in [1.807, 2.05) is 30.4 Å². The Morgan fingerprint density at radius 2 is 1.55 bits per heavy atom. The molecule has 1 heteroatoms. The Hall–Kier alpha value is -2.15. The second-order valence-corrected chi connectivity index (χ2v) is 5.28. The third kappa shape index (κ3) is 1.59. The molecule has 0 N–H and O–H groups in total. The summed E-state index contributed by atoms with van der Waals surface area (Å²) < 4.78 is 14.5. The Kier molecular flexibility index (Phi) is 3.06. The number of allylic oxidation sites excluding steroid dienone is 2. The molecule has 0 unspecified atom stereocenters. The Bertz CT molecular complexity index is 672. The molecule has 0 amide bonds. The first-order chi connectivity index (χ1) is 9.74. The van der Waals surface area contributed by atoms with E-state index in [1.165, 1.54) is 5.56 Å². The van der Waals surface area contributed by atoms with Gasteiger partial charge in [-0.25, -0.2) is 4.39 Å². The van der Waals surface area contributed by atoms with Crippen molar-refractivity contribution < 1.29 is 4.39 Å². The highest BCUT2D eigenvalue weighted by molar-refractivity contribution is 5.81. The summed E-state index contributed by atoms with van der Waals surface area (Å²) in [6.07, 6.45) is 5.18. The van der Waals surface area contributed by atoms with Gasteiger partial charge >= 0.3 is 0 Å². The maximum Gasteiger partial charge on any atom is 0.127 e. The van der Waals surface area contributed by atoms with Crippen molar-refractivity contribution in [3.05, 3.63) is 84.7 Å². The molecule has 0 nitrogen and oxygen atoms in total. The highest BCUT2D eigenvalue weighted by Crippen LogP contribution is 2.53. The molecular formula is C19H17F. The molecule has 0 aliphatic heterocycles. The van der Waals surface area contributed by atoms with Crippen molar-refractivity contribution in [3.8, 4) is 11.1 Å². The molecule has 0 fully saturated rings. The predicted molar refractivity (Wildman–Crippen MR) is 82.2 cm³/mol. The number of benzene rings is 2. The quantitative estimate of drug-likeness (QED) is 0.662. The third-order valence-corrected chi connectivity index (χ3v) is 4.21. The Labute approximate surface area is 119 Å². The smallest absolute Gasteiger partial charge is 0.127 e. The second-order valence-electron chi connectivity index (χ2n) is 5.28. The van der Waals surface area contributed by atoms with Crippen LogP contribution in [0.5, 0.6) is 0 Å². The first-order valence-corrected chi connectivity index (χ1v) is 6.85. The van der Waals surface area contributed by atoms with Crippen molar-refractivity contribution in [2.24, 2.45) is 0 Å². The zero-order valence-corrected chi connectivity index (χ0v) is 11.4. The molecule has 0 aromatic heterocycles. The first kappa shape index (κ1) is 12.9. The van der Waals surface area contributed by atoms with Crippen molar-refractivity contribution in [1.82, 2.24) is 0 Å². The molecule has 2 aromatic rings. The highest BCUT2D eigenvalue weighted by atomic mass is 19.1. The lowest BCUT2D eigenvalue weighted by Gasteiger charge is -2.30. The lowest BCUT2D eigenvalue weighted by molar-refractivity contribution is 0.499. The monoisotopic (exact) mass is 264 g/mol. The van der Waals surface area contributed by atoms with Gasteiger partial charge in [0.1, 0.15) is 5.82 Å². The van der Waals surface area contributed by atoms with Crippen molar-refractivity contribution in [2.75, 3.05) is 0 Å². The fourth-order valence-electron chi connectivity index (χ4n) is 3.51. The molecule has 0 spiro atoms. The van der Waals surface area contributed by atoms with Crippen molar-refractivity contribution in [3.63, 3.8) is 0 Å². The molecule has 0 saturated heterocycles. The minimum Gasteiger partial charge on any atom is -0.207 e. The van der Waals surface area contributed by atoms with Crippen LogP contribution in [0.4, 0.5) is 4.39 Å². The second kappa shape index (κ2) is 4.75. The summed E-state index contributed by atoms with van der Waals surface area (Å²) in [4.78, 5) is 0. The van der Waals surface area contributed by atoms with E-state index in [4.69, 9.17) is 0 Å². The molecule has 100 valence electrons. The number of hydrogen-bond donors (Lipinski definition) is 0. The summed E-state index contributed by atoms with van der Waals surface area (Å²) in [7, 11) is 0. The van der Waals surface area contributed by atoms with E-state index >= 15 is 0 Å². The fraction of sp³-hybridized carbons (Fsp3) is 0.158. The van der Waals surface area contributed by atoms with Crippen LogP contribution < -0.4 is 0 Å². The summed E-state index contributed by atoms with van der Waals surface area (Å²) in [6, 6.07) is 13.5. The Balaban J connectivity index is 2.39. The minimum atomic E-state index is -0.360. The lowest BCUT2D eigenvalue weighted by atomic mass is 9.72. The van der Waals surface area contributed by atoms with E-state index in [2.05, 4.69) is 25.3 Å². The first-order valence-electron chi connectivity index (χ1n) is 6.85. The van der Waals surface area contributed by atoms with Crippen LogP contribution >= 0.6 is 0 Å². The van der Waals surface area contributed by atoms with Crippen LogP contribution in [0.3, 0.4) is 0 Å². The summed E-state index contributed by atoms with van der Waals surface area (Å²) in [6.45, 7) is 7.74. The van der Waals surface area contributed by atoms with Gasteiger partial charge < -0.3 is 0 Å². The lowest BCUT2D eigenvalue weighted by Crippen LogP contribution is -2.25. The van der Waals surface area contributed by atoms with Gasteiger partial charge in [0.15, 0.2) is 0 Å². The molecule has 0 radical (unpaired) electrons. The predicted octanol–water partition coefficient (Wildman–Crippen LogP) is 5.24. The van der Waals surface area contributed by atoms with Crippen LogP contribution in [0.25, 0.3) is 11.1 Å². The summed E-state index contributed by atoms with van der Waals surface area (Å²) >= 11 is 0. The average Bonchev–Trinajstić information content (AvgIpc) is 2.73. The average molecular weight is 264 g/mol. The van der Waals surface area contributed by atoms with Crippen LogP contribution in [0.2, 0.25) is 0 Å². The van der Waals surface area contributed by atoms with E-state index < -0.39 is 0 Å². The van der Waals surface area contributed by atoms with E-state index in [-0.39, 0.29) is 11.2 Å².